The normalized spacial score (nSPS) is 11.4. The summed E-state index contributed by atoms with van der Waals surface area (Å²) in [6.07, 6.45) is 4.32. The number of nitrogens with zero attached hydrogens (tertiary/aromatic N) is 6. The number of rotatable bonds is 5. The fourth-order valence-electron chi connectivity index (χ4n) is 2.45. The Labute approximate surface area is 131 Å². The molecule has 0 aromatic carbocycles. The maximum Gasteiger partial charge on any atom is 0.332 e. The minimum absolute atomic E-state index is 0.239. The van der Waals surface area contributed by atoms with E-state index in [9.17, 15) is 9.59 Å². The van der Waals surface area contributed by atoms with Crippen LogP contribution in [-0.4, -0.2) is 28.8 Å². The molecule has 0 fully saturated rings. The summed E-state index contributed by atoms with van der Waals surface area (Å²) in [4.78, 5) is 32.7. The predicted molar refractivity (Wildman–Crippen MR) is 82.2 cm³/mol. The highest BCUT2D eigenvalue weighted by atomic mass is 16.5. The fraction of sp³-hybridized carbons (Fsp3) is 0.500. The molecule has 9 heteroatoms. The van der Waals surface area contributed by atoms with Gasteiger partial charge in [-0.3, -0.25) is 13.9 Å². The summed E-state index contributed by atoms with van der Waals surface area (Å²) >= 11 is 0. The SMILES string of the molecule is CCCCc1noc(Cn2cnc3c2c(=O)n(C)c(=O)n3C)n1. The van der Waals surface area contributed by atoms with Crippen LogP contribution in [0.3, 0.4) is 0 Å². The summed E-state index contributed by atoms with van der Waals surface area (Å²) in [5.41, 5.74) is -0.134. The molecule has 0 atom stereocenters. The zero-order chi connectivity index (χ0) is 16.6. The summed E-state index contributed by atoms with van der Waals surface area (Å²) in [7, 11) is 3.02. The Morgan fingerprint density at radius 3 is 2.74 bits per heavy atom. The second-order valence-corrected chi connectivity index (χ2v) is 5.46. The molecule has 3 aromatic heterocycles. The molecule has 23 heavy (non-hydrogen) atoms. The molecule has 3 heterocycles. The largest absolute Gasteiger partial charge is 0.337 e. The monoisotopic (exact) mass is 318 g/mol. The molecule has 0 spiro atoms. The highest BCUT2D eigenvalue weighted by Gasteiger charge is 2.16. The molecule has 0 aliphatic rings. The van der Waals surface area contributed by atoms with E-state index >= 15 is 0 Å². The minimum atomic E-state index is -0.410. The summed E-state index contributed by atoms with van der Waals surface area (Å²) in [5.74, 6) is 1.07. The Bertz CT molecular complexity index is 961. The lowest BCUT2D eigenvalue weighted by Crippen LogP contribution is -2.37. The Balaban J connectivity index is 2.00. The second kappa shape index (κ2) is 5.82. The van der Waals surface area contributed by atoms with E-state index in [1.54, 1.807) is 11.6 Å². The van der Waals surface area contributed by atoms with Gasteiger partial charge in [0.15, 0.2) is 17.0 Å². The van der Waals surface area contributed by atoms with Crippen LogP contribution >= 0.6 is 0 Å². The third-order valence-corrected chi connectivity index (χ3v) is 3.79. The van der Waals surface area contributed by atoms with Crippen molar-refractivity contribution in [1.82, 2.24) is 28.8 Å². The van der Waals surface area contributed by atoms with Crippen LogP contribution in [-0.2, 0) is 27.1 Å². The molecule has 3 rings (SSSR count). The first-order valence-corrected chi connectivity index (χ1v) is 7.45. The Kier molecular flexibility index (Phi) is 3.85. The van der Waals surface area contributed by atoms with E-state index in [-0.39, 0.29) is 6.54 Å². The van der Waals surface area contributed by atoms with Gasteiger partial charge in [-0.25, -0.2) is 9.78 Å². The molecule has 0 saturated carbocycles. The molecular weight excluding hydrogens is 300 g/mol. The highest BCUT2D eigenvalue weighted by molar-refractivity contribution is 5.70. The third kappa shape index (κ3) is 2.58. The van der Waals surface area contributed by atoms with E-state index in [0.717, 1.165) is 23.8 Å². The van der Waals surface area contributed by atoms with Crippen molar-refractivity contribution in [2.45, 2.75) is 32.7 Å². The number of fused-ring (bicyclic) bond motifs is 1. The average molecular weight is 318 g/mol. The smallest absolute Gasteiger partial charge is 0.332 e. The lowest BCUT2D eigenvalue weighted by molar-refractivity contribution is 0.366. The van der Waals surface area contributed by atoms with E-state index in [1.807, 2.05) is 0 Å². The number of aryl methyl sites for hydroxylation is 2. The second-order valence-electron chi connectivity index (χ2n) is 5.46. The summed E-state index contributed by atoms with van der Waals surface area (Å²) in [5, 5.41) is 3.93. The number of aromatic nitrogens is 6. The van der Waals surface area contributed by atoms with Crippen molar-refractivity contribution in [2.24, 2.45) is 14.1 Å². The lowest BCUT2D eigenvalue weighted by atomic mass is 10.2. The number of imidazole rings is 1. The van der Waals surface area contributed by atoms with Crippen molar-refractivity contribution in [2.75, 3.05) is 0 Å². The van der Waals surface area contributed by atoms with Gasteiger partial charge in [0.1, 0.15) is 6.54 Å². The highest BCUT2D eigenvalue weighted by Crippen LogP contribution is 2.09. The average Bonchev–Trinajstić information content (AvgIpc) is 3.16. The van der Waals surface area contributed by atoms with Gasteiger partial charge in [0.05, 0.1) is 6.33 Å². The molecule has 0 aliphatic carbocycles. The molecule has 0 bridgehead atoms. The van der Waals surface area contributed by atoms with E-state index in [1.165, 1.54) is 17.9 Å². The zero-order valence-electron chi connectivity index (χ0n) is 13.3. The summed E-state index contributed by atoms with van der Waals surface area (Å²) < 4.78 is 9.24. The van der Waals surface area contributed by atoms with Gasteiger partial charge < -0.3 is 9.09 Å². The van der Waals surface area contributed by atoms with Gasteiger partial charge in [-0.05, 0) is 6.42 Å². The maximum absolute atomic E-state index is 12.3. The molecule has 3 aromatic rings. The molecule has 0 N–H and O–H groups in total. The third-order valence-electron chi connectivity index (χ3n) is 3.79. The Morgan fingerprint density at radius 1 is 1.22 bits per heavy atom. The minimum Gasteiger partial charge on any atom is -0.337 e. The quantitative estimate of drug-likeness (QED) is 0.666. The molecule has 0 amide bonds. The molecule has 0 radical (unpaired) electrons. The van der Waals surface area contributed by atoms with Crippen molar-refractivity contribution in [3.8, 4) is 0 Å². The van der Waals surface area contributed by atoms with Crippen LogP contribution in [0.4, 0.5) is 0 Å². The number of hydrogen-bond donors (Lipinski definition) is 0. The Hall–Kier alpha value is -2.71. The van der Waals surface area contributed by atoms with Crippen molar-refractivity contribution in [3.05, 3.63) is 38.9 Å². The van der Waals surface area contributed by atoms with Crippen molar-refractivity contribution in [3.63, 3.8) is 0 Å². The van der Waals surface area contributed by atoms with Gasteiger partial charge >= 0.3 is 5.69 Å². The van der Waals surface area contributed by atoms with E-state index < -0.39 is 11.2 Å². The van der Waals surface area contributed by atoms with Crippen LogP contribution in [0, 0.1) is 0 Å². The number of unbranched alkanes of at least 4 members (excludes halogenated alkanes) is 1. The maximum atomic E-state index is 12.3. The van der Waals surface area contributed by atoms with Gasteiger partial charge in [0, 0.05) is 20.5 Å². The first-order valence-electron chi connectivity index (χ1n) is 7.45. The molecular formula is C14H18N6O3. The first kappa shape index (κ1) is 15.2. The van der Waals surface area contributed by atoms with E-state index in [2.05, 4.69) is 22.0 Å². The summed E-state index contributed by atoms with van der Waals surface area (Å²) in [6, 6.07) is 0. The number of hydrogen-bond acceptors (Lipinski definition) is 6. The topological polar surface area (TPSA) is 101 Å². The molecule has 0 aliphatic heterocycles. The van der Waals surface area contributed by atoms with Crippen LogP contribution in [0.2, 0.25) is 0 Å². The van der Waals surface area contributed by atoms with Crippen molar-refractivity contribution < 1.29 is 4.52 Å². The fourth-order valence-corrected chi connectivity index (χ4v) is 2.45. The van der Waals surface area contributed by atoms with Crippen LogP contribution < -0.4 is 11.2 Å². The zero-order valence-corrected chi connectivity index (χ0v) is 13.3. The van der Waals surface area contributed by atoms with Crippen molar-refractivity contribution in [1.29, 1.82) is 0 Å². The van der Waals surface area contributed by atoms with Gasteiger partial charge in [-0.15, -0.1) is 0 Å². The van der Waals surface area contributed by atoms with Gasteiger partial charge in [0.2, 0.25) is 5.89 Å². The lowest BCUT2D eigenvalue weighted by Gasteiger charge is -2.04. The van der Waals surface area contributed by atoms with Crippen LogP contribution in [0.1, 0.15) is 31.5 Å². The molecule has 9 nitrogen and oxygen atoms in total. The van der Waals surface area contributed by atoms with Gasteiger partial charge in [-0.2, -0.15) is 4.98 Å². The van der Waals surface area contributed by atoms with E-state index in [4.69, 9.17) is 4.52 Å². The first-order chi connectivity index (χ1) is 11.0. The Morgan fingerprint density at radius 2 is 2.00 bits per heavy atom. The van der Waals surface area contributed by atoms with E-state index in [0.29, 0.717) is 22.9 Å². The van der Waals surface area contributed by atoms with Gasteiger partial charge in [-0.1, -0.05) is 18.5 Å². The van der Waals surface area contributed by atoms with Crippen molar-refractivity contribution >= 4 is 11.2 Å². The van der Waals surface area contributed by atoms with Crippen LogP contribution in [0.25, 0.3) is 11.2 Å². The van der Waals surface area contributed by atoms with Gasteiger partial charge in [0.25, 0.3) is 5.56 Å². The standard InChI is InChI=1S/C14H18N6O3/c1-4-5-6-9-16-10(23-17-9)7-20-8-15-12-11(20)13(21)19(3)14(22)18(12)2/h8H,4-7H2,1-3H3. The van der Waals surface area contributed by atoms with Crippen LogP contribution in [0.15, 0.2) is 20.4 Å². The molecule has 0 unspecified atom stereocenters. The molecule has 0 saturated heterocycles. The predicted octanol–water partition coefficient (Wildman–Crippen LogP) is 0.208. The summed E-state index contributed by atoms with van der Waals surface area (Å²) in [6.45, 7) is 2.34. The van der Waals surface area contributed by atoms with Crippen LogP contribution in [0.5, 0.6) is 0 Å². The molecule has 122 valence electrons.